The van der Waals surface area contributed by atoms with Crippen LogP contribution in [-0.2, 0) is 45.1 Å². The number of rotatable bonds is 13. The predicted molar refractivity (Wildman–Crippen MR) is 217 cm³/mol. The van der Waals surface area contributed by atoms with Crippen LogP contribution in [0.4, 0.5) is 5.13 Å². The first-order valence-corrected chi connectivity index (χ1v) is 20.9. The van der Waals surface area contributed by atoms with Gasteiger partial charge in [-0.05, 0) is 56.9 Å². The van der Waals surface area contributed by atoms with Crippen molar-refractivity contribution in [3.63, 3.8) is 0 Å². The number of carboxylic acids is 1. The number of esters is 1. The fraction of sp³-hybridized carbons (Fsp3) is 0.300. The number of amides is 2. The molecular formula is C40H40BrN5O8S2. The number of carboxylic acid groups (broad SMARTS) is 1. The molecule has 0 spiro atoms. The molecule has 3 heterocycles. The Morgan fingerprint density at radius 2 is 1.48 bits per heavy atom. The number of aromatic nitrogens is 1. The first kappa shape index (κ1) is 40.5. The van der Waals surface area contributed by atoms with Crippen molar-refractivity contribution in [3.05, 3.63) is 130 Å². The Bertz CT molecular complexity index is 2130. The van der Waals surface area contributed by atoms with E-state index in [1.165, 1.54) is 25.2 Å². The molecule has 6 rings (SSSR count). The number of hydrogen-bond donors (Lipinski definition) is 3. The molecule has 3 aromatic carbocycles. The molecule has 3 N–H and O–H groups in total. The quantitative estimate of drug-likeness (QED) is 0.0387. The summed E-state index contributed by atoms with van der Waals surface area (Å²) < 4.78 is 18.8. The van der Waals surface area contributed by atoms with Gasteiger partial charge in [-0.1, -0.05) is 112 Å². The third-order valence-corrected chi connectivity index (χ3v) is 12.1. The predicted octanol–water partition coefficient (Wildman–Crippen LogP) is 5.54. The zero-order valence-corrected chi connectivity index (χ0v) is 34.4. The van der Waals surface area contributed by atoms with Crippen molar-refractivity contribution in [2.45, 2.75) is 62.8 Å². The summed E-state index contributed by atoms with van der Waals surface area (Å²) in [5, 5.41) is 21.2. The van der Waals surface area contributed by atoms with Crippen molar-refractivity contribution >= 4 is 72.7 Å². The normalized spacial score (nSPS) is 18.8. The second-order valence-corrected chi connectivity index (χ2v) is 17.5. The Morgan fingerprint density at radius 1 is 0.946 bits per heavy atom. The highest BCUT2D eigenvalue weighted by molar-refractivity contribution is 9.09. The molecule has 1 fully saturated rings. The summed E-state index contributed by atoms with van der Waals surface area (Å²) in [5.74, 6) is -3.87. The maximum atomic E-state index is 14.2. The van der Waals surface area contributed by atoms with E-state index in [2.05, 4.69) is 31.7 Å². The molecule has 4 aromatic rings. The highest BCUT2D eigenvalue weighted by atomic mass is 79.9. The van der Waals surface area contributed by atoms with Gasteiger partial charge in [-0.3, -0.25) is 18.7 Å². The molecule has 292 valence electrons. The third-order valence-electron chi connectivity index (χ3n) is 8.99. The topological polar surface area (TPSA) is 177 Å². The second kappa shape index (κ2) is 16.1. The first-order valence-electron chi connectivity index (χ1n) is 17.5. The number of carbonyl (C=O) groups is 4. The fourth-order valence-electron chi connectivity index (χ4n) is 6.35. The Kier molecular flexibility index (Phi) is 11.6. The monoisotopic (exact) mass is 861 g/mol. The maximum Gasteiger partial charge on any atom is 0.353 e. The molecule has 0 saturated carbocycles. The van der Waals surface area contributed by atoms with Gasteiger partial charge in [0.15, 0.2) is 10.8 Å². The van der Waals surface area contributed by atoms with Crippen LogP contribution in [0.25, 0.3) is 0 Å². The molecule has 2 amide bonds. The van der Waals surface area contributed by atoms with E-state index in [1.807, 2.05) is 91.0 Å². The van der Waals surface area contributed by atoms with Crippen LogP contribution < -0.4 is 10.6 Å². The Balaban J connectivity index is 1.39. The van der Waals surface area contributed by atoms with E-state index < -0.39 is 68.4 Å². The molecule has 0 aliphatic carbocycles. The smallest absolute Gasteiger partial charge is 0.353 e. The molecule has 0 radical (unpaired) electrons. The number of nitrogens with one attached hydrogen (secondary N) is 2. The van der Waals surface area contributed by atoms with Gasteiger partial charge in [0.05, 0.1) is 16.6 Å². The number of aliphatic carboxylic acids is 1. The number of oxime groups is 1. The maximum absolute atomic E-state index is 14.2. The van der Waals surface area contributed by atoms with Crippen LogP contribution in [0.3, 0.4) is 0 Å². The van der Waals surface area contributed by atoms with Gasteiger partial charge in [0.25, 0.3) is 11.8 Å². The Morgan fingerprint density at radius 3 is 1.96 bits per heavy atom. The highest BCUT2D eigenvalue weighted by Crippen LogP contribution is 2.41. The van der Waals surface area contributed by atoms with E-state index in [4.69, 9.17) is 14.6 Å². The highest BCUT2D eigenvalue weighted by Gasteiger charge is 2.57. The van der Waals surface area contributed by atoms with Crippen LogP contribution >= 0.6 is 27.3 Å². The van der Waals surface area contributed by atoms with Crippen LogP contribution in [0.2, 0.25) is 0 Å². The van der Waals surface area contributed by atoms with Gasteiger partial charge < -0.3 is 25.3 Å². The number of hydrogen-bond acceptors (Lipinski definition) is 11. The van der Waals surface area contributed by atoms with Gasteiger partial charge in [-0.2, -0.15) is 0 Å². The summed E-state index contributed by atoms with van der Waals surface area (Å²) in [4.78, 5) is 64.3. The molecule has 13 nitrogen and oxygen atoms in total. The Labute approximate surface area is 338 Å². The molecular weight excluding hydrogens is 823 g/mol. The number of anilines is 1. The van der Waals surface area contributed by atoms with E-state index in [1.54, 1.807) is 26.2 Å². The first-order chi connectivity index (χ1) is 26.6. The van der Waals surface area contributed by atoms with Crippen LogP contribution in [0.15, 0.2) is 113 Å². The second-order valence-electron chi connectivity index (χ2n) is 14.5. The summed E-state index contributed by atoms with van der Waals surface area (Å²) in [6.45, 7) is 7.97. The average molecular weight is 863 g/mol. The molecule has 0 unspecified atom stereocenters. The van der Waals surface area contributed by atoms with Gasteiger partial charge >= 0.3 is 11.9 Å². The summed E-state index contributed by atoms with van der Waals surface area (Å²) in [5.41, 5.74) is -1.05. The molecule has 16 heteroatoms. The average Bonchev–Trinajstić information content (AvgIpc) is 3.63. The summed E-state index contributed by atoms with van der Waals surface area (Å²) in [6, 6.07) is 28.2. The molecule has 2 aliphatic rings. The minimum absolute atomic E-state index is 0.0409. The van der Waals surface area contributed by atoms with Gasteiger partial charge in [0, 0.05) is 10.7 Å². The molecule has 1 aromatic heterocycles. The largest absolute Gasteiger partial charge is 0.477 e. The van der Waals surface area contributed by atoms with Crippen molar-refractivity contribution < 1.29 is 38.1 Å². The summed E-state index contributed by atoms with van der Waals surface area (Å²) >= 11 is 4.41. The lowest BCUT2D eigenvalue weighted by Crippen LogP contribution is -2.74. The van der Waals surface area contributed by atoms with E-state index in [0.29, 0.717) is 10.7 Å². The van der Waals surface area contributed by atoms with Gasteiger partial charge in [0.2, 0.25) is 5.60 Å². The van der Waals surface area contributed by atoms with Crippen LogP contribution in [0, 0.1) is 0 Å². The van der Waals surface area contributed by atoms with Crippen LogP contribution in [-0.4, -0.2) is 82.4 Å². The van der Waals surface area contributed by atoms with Crippen molar-refractivity contribution in [2.24, 2.45) is 5.16 Å². The summed E-state index contributed by atoms with van der Waals surface area (Å²) in [6.07, 6.45) is 0. The number of ether oxygens (including phenoxy) is 1. The van der Waals surface area contributed by atoms with Crippen molar-refractivity contribution in [2.75, 3.05) is 16.4 Å². The van der Waals surface area contributed by atoms with Crippen LogP contribution in [0.5, 0.6) is 0 Å². The Hall–Kier alpha value is -5.19. The van der Waals surface area contributed by atoms with E-state index in [0.717, 1.165) is 21.6 Å². The lowest BCUT2D eigenvalue weighted by Gasteiger charge is -2.48. The SMILES string of the molecule is CC(C)(C)OC(=O)C(C)(C)O/N=C(\C(=O)N[C@@H]1C(=O)N2C(C(=O)O)=C(CBr)C[S@](=O)[C@H]12)c1csc(NC(c2ccccc2)(c2ccccc2)c2ccccc2)n1. The van der Waals surface area contributed by atoms with E-state index >= 15 is 0 Å². The molecule has 3 atom stereocenters. The minimum atomic E-state index is -1.73. The standard InChI is InChI=1S/C40H40BrN5O8S2/c1-38(2,3)53-36(51)39(4,5)54-45-29(32(47)43-30-33(48)46-31(35(49)50)24(21-41)23-56(52)34(30)46)28-22-55-37(42-28)44-40(25-15-9-6-10-16-25,26-17-11-7-12-18-26)27-19-13-8-14-20-27/h6-20,22,30,34H,21,23H2,1-5H3,(H,42,44)(H,43,47)(H,49,50)/b45-29-/t30-,34-,56+/m1/s1. The lowest BCUT2D eigenvalue weighted by molar-refractivity contribution is -0.179. The number of carbonyl (C=O) groups excluding carboxylic acids is 3. The zero-order chi connectivity index (χ0) is 40.4. The zero-order valence-electron chi connectivity index (χ0n) is 31.1. The van der Waals surface area contributed by atoms with Crippen LogP contribution in [0.1, 0.15) is 57.0 Å². The number of fused-ring (bicyclic) bond motifs is 1. The third kappa shape index (κ3) is 8.04. The van der Waals surface area contributed by atoms with Crippen molar-refractivity contribution in [1.82, 2.24) is 15.2 Å². The van der Waals surface area contributed by atoms with Gasteiger partial charge in [-0.25, -0.2) is 14.6 Å². The van der Waals surface area contributed by atoms with Gasteiger partial charge in [0.1, 0.15) is 33.9 Å². The molecule has 2 aliphatic heterocycles. The number of nitrogens with zero attached hydrogens (tertiary/aromatic N) is 3. The lowest BCUT2D eigenvalue weighted by atomic mass is 9.77. The number of alkyl halides is 1. The molecule has 1 saturated heterocycles. The minimum Gasteiger partial charge on any atom is -0.477 e. The molecule has 56 heavy (non-hydrogen) atoms. The van der Waals surface area contributed by atoms with E-state index in [-0.39, 0.29) is 22.5 Å². The number of thiazole rings is 1. The molecule has 0 bridgehead atoms. The van der Waals surface area contributed by atoms with E-state index in [9.17, 15) is 28.5 Å². The summed E-state index contributed by atoms with van der Waals surface area (Å²) in [7, 11) is -1.73. The van der Waals surface area contributed by atoms with Gasteiger partial charge in [-0.15, -0.1) is 11.3 Å². The number of benzene rings is 3. The number of halogens is 1. The number of β-lactam (4-membered cyclic amide) rings is 1. The fourth-order valence-corrected chi connectivity index (χ4v) is 9.51. The van der Waals surface area contributed by atoms with Crippen molar-refractivity contribution in [3.8, 4) is 0 Å². The van der Waals surface area contributed by atoms with Crippen molar-refractivity contribution in [1.29, 1.82) is 0 Å².